The quantitative estimate of drug-likeness (QED) is 0.872. The van der Waals surface area contributed by atoms with Gasteiger partial charge < -0.3 is 15.4 Å². The highest BCUT2D eigenvalue weighted by molar-refractivity contribution is 6.31. The smallest absolute Gasteiger partial charge is 0.246 e. The van der Waals surface area contributed by atoms with Crippen molar-refractivity contribution >= 4 is 28.9 Å². The van der Waals surface area contributed by atoms with E-state index in [4.69, 9.17) is 16.3 Å². The van der Waals surface area contributed by atoms with Crippen molar-refractivity contribution in [1.82, 2.24) is 0 Å². The minimum Gasteiger partial charge on any atom is -0.495 e. The first kappa shape index (κ1) is 16.2. The Labute approximate surface area is 135 Å². The van der Waals surface area contributed by atoms with Gasteiger partial charge in [0.15, 0.2) is 0 Å². The molecule has 0 unspecified atom stereocenters. The molecule has 0 aliphatic carbocycles. The molecule has 0 spiro atoms. The zero-order valence-electron chi connectivity index (χ0n) is 12.8. The van der Waals surface area contributed by atoms with E-state index in [0.29, 0.717) is 16.5 Å². The number of hydrogen-bond acceptors (Lipinski definition) is 3. The highest BCUT2D eigenvalue weighted by Gasteiger charge is 2.15. The molecule has 2 rings (SSSR count). The zero-order chi connectivity index (χ0) is 16.1. The zero-order valence-corrected chi connectivity index (χ0v) is 13.6. The number of amides is 1. The second-order valence-corrected chi connectivity index (χ2v) is 5.45. The summed E-state index contributed by atoms with van der Waals surface area (Å²) in [4.78, 5) is 12.3. The van der Waals surface area contributed by atoms with Crippen molar-refractivity contribution in [2.75, 3.05) is 17.7 Å². The molecule has 0 aromatic heterocycles. The van der Waals surface area contributed by atoms with Crippen molar-refractivity contribution in [2.45, 2.75) is 19.9 Å². The van der Waals surface area contributed by atoms with Crippen LogP contribution < -0.4 is 15.4 Å². The second-order valence-electron chi connectivity index (χ2n) is 5.01. The Morgan fingerprint density at radius 3 is 2.64 bits per heavy atom. The van der Waals surface area contributed by atoms with Crippen molar-refractivity contribution in [2.24, 2.45) is 0 Å². The first-order valence-electron chi connectivity index (χ1n) is 6.98. The van der Waals surface area contributed by atoms with Gasteiger partial charge in [0.2, 0.25) is 5.91 Å². The van der Waals surface area contributed by atoms with E-state index in [0.717, 1.165) is 11.3 Å². The number of ether oxygens (including phenoxy) is 1. The first-order valence-corrected chi connectivity index (χ1v) is 7.35. The van der Waals surface area contributed by atoms with E-state index in [9.17, 15) is 4.79 Å². The summed E-state index contributed by atoms with van der Waals surface area (Å²) in [5.74, 6) is 0.553. The van der Waals surface area contributed by atoms with Crippen LogP contribution >= 0.6 is 11.6 Å². The second kappa shape index (κ2) is 7.18. The normalized spacial score (nSPS) is 11.6. The van der Waals surface area contributed by atoms with Gasteiger partial charge in [0.25, 0.3) is 0 Å². The lowest BCUT2D eigenvalue weighted by molar-refractivity contribution is -0.116. The molecule has 0 fully saturated rings. The number of benzene rings is 2. The van der Waals surface area contributed by atoms with Gasteiger partial charge in [0.1, 0.15) is 11.8 Å². The van der Waals surface area contributed by atoms with E-state index in [-0.39, 0.29) is 5.91 Å². The third kappa shape index (κ3) is 3.92. The number of rotatable bonds is 5. The monoisotopic (exact) mass is 318 g/mol. The van der Waals surface area contributed by atoms with Crippen LogP contribution in [0.5, 0.6) is 5.75 Å². The van der Waals surface area contributed by atoms with Gasteiger partial charge >= 0.3 is 0 Å². The van der Waals surface area contributed by atoms with Crippen LogP contribution in [0.25, 0.3) is 0 Å². The Balaban J connectivity index is 2.07. The summed E-state index contributed by atoms with van der Waals surface area (Å²) in [5.41, 5.74) is 2.45. The number of para-hydroxylation sites is 2. The molecule has 0 radical (unpaired) electrons. The summed E-state index contributed by atoms with van der Waals surface area (Å²) in [6.07, 6.45) is 0. The van der Waals surface area contributed by atoms with Crippen molar-refractivity contribution in [3.63, 3.8) is 0 Å². The molecule has 5 heteroatoms. The SMILES string of the molecule is COc1ccccc1N[C@@H](C)C(=O)Nc1cc(Cl)ccc1C. The molecule has 2 aromatic carbocycles. The molecule has 2 N–H and O–H groups in total. The maximum absolute atomic E-state index is 12.3. The lowest BCUT2D eigenvalue weighted by atomic mass is 10.2. The maximum atomic E-state index is 12.3. The standard InChI is InChI=1S/C17H19ClN2O2/c1-11-8-9-13(18)10-15(11)20-17(21)12(2)19-14-6-4-5-7-16(14)22-3/h4-10,12,19H,1-3H3,(H,20,21)/t12-/m0/s1. The van der Waals surface area contributed by atoms with Crippen molar-refractivity contribution in [3.8, 4) is 5.75 Å². The van der Waals surface area contributed by atoms with Crippen LogP contribution in [0.4, 0.5) is 11.4 Å². The molecule has 0 aliphatic rings. The minimum absolute atomic E-state index is 0.142. The predicted molar refractivity (Wildman–Crippen MR) is 90.9 cm³/mol. The number of halogens is 1. The molecule has 0 saturated heterocycles. The Hall–Kier alpha value is -2.20. The Morgan fingerprint density at radius 1 is 1.18 bits per heavy atom. The molecule has 0 aliphatic heterocycles. The van der Waals surface area contributed by atoms with E-state index in [1.165, 1.54) is 0 Å². The van der Waals surface area contributed by atoms with Crippen LogP contribution in [0, 0.1) is 6.92 Å². The van der Waals surface area contributed by atoms with E-state index in [2.05, 4.69) is 10.6 Å². The fourth-order valence-electron chi connectivity index (χ4n) is 2.03. The molecule has 116 valence electrons. The van der Waals surface area contributed by atoms with Gasteiger partial charge in [0.05, 0.1) is 12.8 Å². The van der Waals surface area contributed by atoms with Crippen molar-refractivity contribution in [1.29, 1.82) is 0 Å². The molecule has 4 nitrogen and oxygen atoms in total. The van der Waals surface area contributed by atoms with E-state index >= 15 is 0 Å². The molecular weight excluding hydrogens is 300 g/mol. The highest BCUT2D eigenvalue weighted by atomic mass is 35.5. The average Bonchev–Trinajstić information content (AvgIpc) is 2.51. The Bertz CT molecular complexity index is 673. The predicted octanol–water partition coefficient (Wildman–Crippen LogP) is 4.10. The Kier molecular flexibility index (Phi) is 5.28. The molecule has 0 heterocycles. The molecule has 0 saturated carbocycles. The van der Waals surface area contributed by atoms with Crippen LogP contribution in [0.2, 0.25) is 5.02 Å². The fraction of sp³-hybridized carbons (Fsp3) is 0.235. The Morgan fingerprint density at radius 2 is 1.91 bits per heavy atom. The molecule has 22 heavy (non-hydrogen) atoms. The average molecular weight is 319 g/mol. The molecule has 2 aromatic rings. The van der Waals surface area contributed by atoms with Crippen LogP contribution in [0.1, 0.15) is 12.5 Å². The van der Waals surface area contributed by atoms with Gasteiger partial charge in [-0.05, 0) is 43.7 Å². The number of nitrogens with one attached hydrogen (secondary N) is 2. The highest BCUT2D eigenvalue weighted by Crippen LogP contribution is 2.24. The molecule has 0 bridgehead atoms. The largest absolute Gasteiger partial charge is 0.495 e. The maximum Gasteiger partial charge on any atom is 0.246 e. The number of aryl methyl sites for hydroxylation is 1. The summed E-state index contributed by atoms with van der Waals surface area (Å²) in [6, 6.07) is 12.5. The van der Waals surface area contributed by atoms with Crippen LogP contribution in [0.3, 0.4) is 0 Å². The number of carbonyl (C=O) groups excluding carboxylic acids is 1. The van der Waals surface area contributed by atoms with Crippen LogP contribution in [-0.4, -0.2) is 19.1 Å². The molecular formula is C17H19ClN2O2. The van der Waals surface area contributed by atoms with Gasteiger partial charge in [-0.1, -0.05) is 29.8 Å². The van der Waals surface area contributed by atoms with Crippen molar-refractivity contribution < 1.29 is 9.53 Å². The number of methoxy groups -OCH3 is 1. The fourth-order valence-corrected chi connectivity index (χ4v) is 2.20. The van der Waals surface area contributed by atoms with E-state index in [1.54, 1.807) is 26.2 Å². The van der Waals surface area contributed by atoms with Crippen LogP contribution in [0.15, 0.2) is 42.5 Å². The number of anilines is 2. The third-order valence-electron chi connectivity index (χ3n) is 3.33. The van der Waals surface area contributed by atoms with E-state index in [1.807, 2.05) is 37.3 Å². The van der Waals surface area contributed by atoms with E-state index < -0.39 is 6.04 Å². The summed E-state index contributed by atoms with van der Waals surface area (Å²) in [7, 11) is 1.60. The van der Waals surface area contributed by atoms with Gasteiger partial charge in [-0.3, -0.25) is 4.79 Å². The molecule has 1 atom stereocenters. The third-order valence-corrected chi connectivity index (χ3v) is 3.56. The number of carbonyl (C=O) groups is 1. The van der Waals surface area contributed by atoms with Gasteiger partial charge in [-0.25, -0.2) is 0 Å². The lowest BCUT2D eigenvalue weighted by Gasteiger charge is -2.18. The van der Waals surface area contributed by atoms with Crippen molar-refractivity contribution in [3.05, 3.63) is 53.1 Å². The van der Waals surface area contributed by atoms with Gasteiger partial charge in [-0.15, -0.1) is 0 Å². The first-order chi connectivity index (χ1) is 10.5. The lowest BCUT2D eigenvalue weighted by Crippen LogP contribution is -2.32. The van der Waals surface area contributed by atoms with Gasteiger partial charge in [0, 0.05) is 10.7 Å². The minimum atomic E-state index is -0.422. The molecule has 1 amide bonds. The number of hydrogen-bond donors (Lipinski definition) is 2. The van der Waals surface area contributed by atoms with Crippen LogP contribution in [-0.2, 0) is 4.79 Å². The summed E-state index contributed by atoms with van der Waals surface area (Å²) in [6.45, 7) is 3.71. The summed E-state index contributed by atoms with van der Waals surface area (Å²) >= 11 is 5.97. The summed E-state index contributed by atoms with van der Waals surface area (Å²) < 4.78 is 5.27. The van der Waals surface area contributed by atoms with Gasteiger partial charge in [-0.2, -0.15) is 0 Å². The topological polar surface area (TPSA) is 50.4 Å². The summed E-state index contributed by atoms with van der Waals surface area (Å²) in [5, 5.41) is 6.62.